The van der Waals surface area contributed by atoms with E-state index in [1.54, 1.807) is 6.07 Å². The van der Waals surface area contributed by atoms with E-state index >= 15 is 0 Å². The van der Waals surface area contributed by atoms with Crippen LogP contribution in [0.15, 0.2) is 18.2 Å². The standard InChI is InChI=1S/C14H14ClN3O3/c1-8-6-18(7-11(8)13(19)20)14(21)17-10-3-2-9(5-16)12(15)4-10/h2-4,8,11H,6-7H2,1H3,(H,17,21)(H,19,20)/t8-,11-/m1/s1. The van der Waals surface area contributed by atoms with Crippen molar-refractivity contribution in [2.24, 2.45) is 11.8 Å². The van der Waals surface area contributed by atoms with Gasteiger partial charge in [-0.25, -0.2) is 4.79 Å². The molecule has 2 amide bonds. The molecule has 0 aliphatic carbocycles. The Bertz CT molecular complexity index is 626. The molecular weight excluding hydrogens is 294 g/mol. The van der Waals surface area contributed by atoms with E-state index in [9.17, 15) is 9.59 Å². The predicted octanol–water partition coefficient (Wildman–Crippen LogP) is 2.40. The molecule has 1 aromatic carbocycles. The number of halogens is 1. The van der Waals surface area contributed by atoms with Crippen LogP contribution in [-0.2, 0) is 4.79 Å². The van der Waals surface area contributed by atoms with Gasteiger partial charge in [-0.15, -0.1) is 0 Å². The number of urea groups is 1. The Morgan fingerprint density at radius 2 is 2.19 bits per heavy atom. The van der Waals surface area contributed by atoms with Gasteiger partial charge in [0, 0.05) is 18.8 Å². The van der Waals surface area contributed by atoms with E-state index in [0.717, 1.165) is 0 Å². The number of amides is 2. The second-order valence-electron chi connectivity index (χ2n) is 5.06. The summed E-state index contributed by atoms with van der Waals surface area (Å²) >= 11 is 5.90. The first-order chi connectivity index (χ1) is 9.92. The van der Waals surface area contributed by atoms with E-state index in [-0.39, 0.29) is 23.5 Å². The predicted molar refractivity (Wildman–Crippen MR) is 77.0 cm³/mol. The van der Waals surface area contributed by atoms with Gasteiger partial charge in [-0.1, -0.05) is 18.5 Å². The Hall–Kier alpha value is -2.26. The average molecular weight is 308 g/mol. The summed E-state index contributed by atoms with van der Waals surface area (Å²) in [6.45, 7) is 2.39. The second-order valence-corrected chi connectivity index (χ2v) is 5.47. The van der Waals surface area contributed by atoms with Crippen molar-refractivity contribution < 1.29 is 14.7 Å². The molecule has 1 aliphatic rings. The second kappa shape index (κ2) is 6.02. The highest BCUT2D eigenvalue weighted by Crippen LogP contribution is 2.25. The summed E-state index contributed by atoms with van der Waals surface area (Å²) in [5.74, 6) is -1.52. The van der Waals surface area contributed by atoms with Crippen molar-refractivity contribution in [1.29, 1.82) is 5.26 Å². The number of nitriles is 1. The maximum absolute atomic E-state index is 12.1. The van der Waals surface area contributed by atoms with E-state index < -0.39 is 11.9 Å². The van der Waals surface area contributed by atoms with Gasteiger partial charge in [0.15, 0.2) is 0 Å². The Morgan fingerprint density at radius 3 is 2.71 bits per heavy atom. The number of carbonyl (C=O) groups excluding carboxylic acids is 1. The first-order valence-corrected chi connectivity index (χ1v) is 6.78. The lowest BCUT2D eigenvalue weighted by Gasteiger charge is -2.17. The van der Waals surface area contributed by atoms with Crippen molar-refractivity contribution in [2.45, 2.75) is 6.92 Å². The number of hydrogen-bond donors (Lipinski definition) is 2. The van der Waals surface area contributed by atoms with Crippen LogP contribution < -0.4 is 5.32 Å². The number of benzene rings is 1. The summed E-state index contributed by atoms with van der Waals surface area (Å²) in [5, 5.41) is 20.8. The van der Waals surface area contributed by atoms with Crippen LogP contribution in [0.4, 0.5) is 10.5 Å². The van der Waals surface area contributed by atoms with Crippen LogP contribution in [0.3, 0.4) is 0 Å². The first kappa shape index (κ1) is 15.1. The van der Waals surface area contributed by atoms with Gasteiger partial charge in [0.05, 0.1) is 16.5 Å². The fourth-order valence-corrected chi connectivity index (χ4v) is 2.56. The molecule has 1 aliphatic heterocycles. The lowest BCUT2D eigenvalue weighted by molar-refractivity contribution is -0.142. The molecule has 6 nitrogen and oxygen atoms in total. The number of carbonyl (C=O) groups is 2. The zero-order valence-corrected chi connectivity index (χ0v) is 12.1. The molecule has 21 heavy (non-hydrogen) atoms. The highest BCUT2D eigenvalue weighted by molar-refractivity contribution is 6.32. The van der Waals surface area contributed by atoms with Gasteiger partial charge in [0.25, 0.3) is 0 Å². The van der Waals surface area contributed by atoms with Crippen molar-refractivity contribution in [3.05, 3.63) is 28.8 Å². The van der Waals surface area contributed by atoms with Gasteiger partial charge >= 0.3 is 12.0 Å². The van der Waals surface area contributed by atoms with E-state index in [0.29, 0.717) is 17.8 Å². The molecule has 1 fully saturated rings. The number of carboxylic acid groups (broad SMARTS) is 1. The summed E-state index contributed by atoms with van der Waals surface area (Å²) in [6, 6.07) is 6.16. The summed E-state index contributed by atoms with van der Waals surface area (Å²) in [6.07, 6.45) is 0. The minimum atomic E-state index is -0.890. The molecule has 0 saturated carbocycles. The van der Waals surface area contributed by atoms with Crippen LogP contribution in [-0.4, -0.2) is 35.1 Å². The van der Waals surface area contributed by atoms with Crippen molar-refractivity contribution in [3.8, 4) is 6.07 Å². The molecule has 2 atom stereocenters. The van der Waals surface area contributed by atoms with Crippen molar-refractivity contribution >= 4 is 29.3 Å². The molecular formula is C14H14ClN3O3. The molecule has 1 heterocycles. The number of nitrogens with zero attached hydrogens (tertiary/aromatic N) is 2. The lowest BCUT2D eigenvalue weighted by Crippen LogP contribution is -2.33. The van der Waals surface area contributed by atoms with E-state index in [1.807, 2.05) is 13.0 Å². The summed E-state index contributed by atoms with van der Waals surface area (Å²) in [5.41, 5.74) is 0.797. The lowest BCUT2D eigenvalue weighted by atomic mass is 9.99. The number of likely N-dealkylation sites (tertiary alicyclic amines) is 1. The fraction of sp³-hybridized carbons (Fsp3) is 0.357. The van der Waals surface area contributed by atoms with E-state index in [2.05, 4.69) is 5.32 Å². The smallest absolute Gasteiger partial charge is 0.321 e. The Morgan fingerprint density at radius 1 is 1.48 bits per heavy atom. The van der Waals surface area contributed by atoms with E-state index in [1.165, 1.54) is 17.0 Å². The SMILES string of the molecule is C[C@@H]1CN(C(=O)Nc2ccc(C#N)c(Cl)c2)C[C@H]1C(=O)O. The maximum atomic E-state index is 12.1. The Kier molecular flexibility index (Phi) is 4.34. The minimum absolute atomic E-state index is 0.0854. The van der Waals surface area contributed by atoms with Crippen LogP contribution >= 0.6 is 11.6 Å². The van der Waals surface area contributed by atoms with Gasteiger partial charge < -0.3 is 15.3 Å². The molecule has 0 bridgehead atoms. The third-order valence-corrected chi connectivity index (χ3v) is 3.87. The molecule has 0 aromatic heterocycles. The molecule has 1 saturated heterocycles. The van der Waals surface area contributed by atoms with Crippen LogP contribution in [0.1, 0.15) is 12.5 Å². The molecule has 1 aromatic rings. The van der Waals surface area contributed by atoms with Gasteiger partial charge in [-0.3, -0.25) is 4.79 Å². The normalized spacial score (nSPS) is 20.9. The molecule has 2 N–H and O–H groups in total. The Balaban J connectivity index is 2.04. The largest absolute Gasteiger partial charge is 0.481 e. The van der Waals surface area contributed by atoms with Gasteiger partial charge in [0.2, 0.25) is 0 Å². The third-order valence-electron chi connectivity index (χ3n) is 3.56. The van der Waals surface area contributed by atoms with E-state index in [4.69, 9.17) is 22.0 Å². The summed E-state index contributed by atoms with van der Waals surface area (Å²) in [7, 11) is 0. The van der Waals surface area contributed by atoms with Crippen molar-refractivity contribution in [1.82, 2.24) is 4.90 Å². The topological polar surface area (TPSA) is 93.4 Å². The monoisotopic (exact) mass is 307 g/mol. The van der Waals surface area contributed by atoms with Gasteiger partial charge in [-0.2, -0.15) is 5.26 Å². The molecule has 0 unspecified atom stereocenters. The summed E-state index contributed by atoms with van der Waals surface area (Å²) < 4.78 is 0. The zero-order chi connectivity index (χ0) is 15.6. The molecule has 7 heteroatoms. The van der Waals surface area contributed by atoms with Gasteiger partial charge in [-0.05, 0) is 24.1 Å². The number of rotatable bonds is 2. The Labute approximate surface area is 126 Å². The van der Waals surface area contributed by atoms with Crippen LogP contribution in [0, 0.1) is 23.2 Å². The highest BCUT2D eigenvalue weighted by Gasteiger charge is 2.36. The highest BCUT2D eigenvalue weighted by atomic mass is 35.5. The molecule has 2 rings (SSSR count). The van der Waals surface area contributed by atoms with Crippen LogP contribution in [0.25, 0.3) is 0 Å². The average Bonchev–Trinajstić information content (AvgIpc) is 2.81. The number of nitrogens with one attached hydrogen (secondary N) is 1. The van der Waals surface area contributed by atoms with Crippen molar-refractivity contribution in [2.75, 3.05) is 18.4 Å². The molecule has 110 valence electrons. The summed E-state index contributed by atoms with van der Waals surface area (Å²) in [4.78, 5) is 24.6. The number of carboxylic acids is 1. The van der Waals surface area contributed by atoms with Crippen LogP contribution in [0.5, 0.6) is 0 Å². The first-order valence-electron chi connectivity index (χ1n) is 6.40. The van der Waals surface area contributed by atoms with Crippen LogP contribution in [0.2, 0.25) is 5.02 Å². The third kappa shape index (κ3) is 3.26. The van der Waals surface area contributed by atoms with Crippen molar-refractivity contribution in [3.63, 3.8) is 0 Å². The minimum Gasteiger partial charge on any atom is -0.481 e. The van der Waals surface area contributed by atoms with Gasteiger partial charge in [0.1, 0.15) is 6.07 Å². The molecule has 0 radical (unpaired) electrons. The zero-order valence-electron chi connectivity index (χ0n) is 11.3. The number of hydrogen-bond acceptors (Lipinski definition) is 3. The molecule has 0 spiro atoms. The number of anilines is 1. The maximum Gasteiger partial charge on any atom is 0.321 e. The quantitative estimate of drug-likeness (QED) is 0.877. The number of aliphatic carboxylic acids is 1. The fourth-order valence-electron chi connectivity index (χ4n) is 2.34.